The second-order valence-electron chi connectivity index (χ2n) is 13.0. The predicted molar refractivity (Wildman–Crippen MR) is 192 cm³/mol. The topological polar surface area (TPSA) is 156 Å². The molecule has 1 aliphatic carbocycles. The second kappa shape index (κ2) is 15.1. The summed E-state index contributed by atoms with van der Waals surface area (Å²) in [6, 6.07) is 17.1. The van der Waals surface area contributed by atoms with Gasteiger partial charge in [-0.25, -0.2) is 32.7 Å². The van der Waals surface area contributed by atoms with Gasteiger partial charge >= 0.3 is 11.9 Å². The number of ether oxygens (including phenoxy) is 2. The quantitative estimate of drug-likeness (QED) is 0.130. The summed E-state index contributed by atoms with van der Waals surface area (Å²) in [5.41, 5.74) is 7.36. The van der Waals surface area contributed by atoms with Crippen molar-refractivity contribution in [2.45, 2.75) is 51.0 Å². The minimum Gasteiger partial charge on any atom is -0.478 e. The van der Waals surface area contributed by atoms with E-state index in [1.807, 2.05) is 37.3 Å². The van der Waals surface area contributed by atoms with E-state index in [9.17, 15) is 18.0 Å². The highest BCUT2D eigenvalue weighted by molar-refractivity contribution is 7.92. The minimum atomic E-state index is -3.93. The molecular formula is C37H42N6O7S. The van der Waals surface area contributed by atoms with Crippen molar-refractivity contribution >= 4 is 27.9 Å². The van der Waals surface area contributed by atoms with Crippen LogP contribution in [0.25, 0.3) is 16.9 Å². The van der Waals surface area contributed by atoms with Gasteiger partial charge in [-0.05, 0) is 118 Å². The van der Waals surface area contributed by atoms with Gasteiger partial charge in [-0.3, -0.25) is 4.90 Å². The van der Waals surface area contributed by atoms with Crippen molar-refractivity contribution in [3.05, 3.63) is 95.0 Å². The van der Waals surface area contributed by atoms with Gasteiger partial charge in [0.25, 0.3) is 10.0 Å². The predicted octanol–water partition coefficient (Wildman–Crippen LogP) is 4.29. The number of carbonyl (C=O) groups excluding carboxylic acids is 1. The molecule has 0 bridgehead atoms. The summed E-state index contributed by atoms with van der Waals surface area (Å²) in [6.45, 7) is 9.30. The number of hydrogen-bond donors (Lipinski definition) is 2. The number of nitrogens with one attached hydrogen (secondary N) is 1. The van der Waals surface area contributed by atoms with Crippen molar-refractivity contribution < 1.29 is 32.6 Å². The zero-order valence-corrected chi connectivity index (χ0v) is 29.9. The molecule has 2 aromatic carbocycles. The summed E-state index contributed by atoms with van der Waals surface area (Å²) < 4.78 is 42.0. The molecule has 1 saturated heterocycles. The van der Waals surface area contributed by atoms with Gasteiger partial charge in [0.05, 0.1) is 10.6 Å². The summed E-state index contributed by atoms with van der Waals surface area (Å²) >= 11 is 0. The van der Waals surface area contributed by atoms with Gasteiger partial charge < -0.3 is 24.0 Å². The Bertz CT molecular complexity index is 2050. The van der Waals surface area contributed by atoms with Crippen LogP contribution in [0.1, 0.15) is 34.6 Å². The van der Waals surface area contributed by atoms with Crippen LogP contribution < -0.4 is 9.46 Å². The SMILES string of the molecule is Cc1cc(C)nc(NS(=O)(=O)c2ccc(-n3c(-c4ccc(OCOC(=O)/C=C/C(=O)O)c(C)c4)cc4c3CCC(N3CCN(C)CC3)C4)cc2)n1. The van der Waals surface area contributed by atoms with Crippen molar-refractivity contribution in [3.8, 4) is 22.7 Å². The zero-order chi connectivity index (χ0) is 36.3. The molecule has 3 heterocycles. The molecule has 6 rings (SSSR count). The standard InChI is InChI=1S/C37H42N6O7S/c1-24-19-27(5-12-34(24)49-23-50-36(46)14-13-35(44)45)33-22-28-21-30(42-17-15-41(4)16-18-42)8-11-32(28)43(33)29-6-9-31(10-7-29)51(47,48)40-37-38-25(2)20-26(3)39-37/h5-7,9-10,12-14,19-20,22,30H,8,11,15-18,21,23H2,1-4H3,(H,44,45)(H,38,39,40)/b14-13+. The number of benzene rings is 2. The highest BCUT2D eigenvalue weighted by atomic mass is 32.2. The van der Waals surface area contributed by atoms with E-state index in [-0.39, 0.29) is 17.6 Å². The number of sulfonamides is 1. The van der Waals surface area contributed by atoms with Gasteiger partial charge in [0, 0.05) is 67.1 Å². The molecule has 4 aromatic rings. The van der Waals surface area contributed by atoms with E-state index in [1.54, 1.807) is 32.0 Å². The molecule has 2 aromatic heterocycles. The van der Waals surface area contributed by atoms with Crippen LogP contribution in [-0.4, -0.2) is 95.9 Å². The lowest BCUT2D eigenvalue weighted by Gasteiger charge is -2.39. The number of aliphatic carboxylic acids is 1. The molecule has 0 saturated carbocycles. The normalized spacial score (nSPS) is 16.9. The number of hydrogen-bond acceptors (Lipinski definition) is 10. The van der Waals surface area contributed by atoms with E-state index in [1.165, 1.54) is 11.3 Å². The third-order valence-corrected chi connectivity index (χ3v) is 10.6. The highest BCUT2D eigenvalue weighted by Crippen LogP contribution is 2.37. The fourth-order valence-electron chi connectivity index (χ4n) is 6.75. The van der Waals surface area contributed by atoms with Crippen LogP contribution in [0, 0.1) is 20.8 Å². The Balaban J connectivity index is 1.29. The summed E-state index contributed by atoms with van der Waals surface area (Å²) in [4.78, 5) is 35.9. The number of nitrogens with zero attached hydrogens (tertiary/aromatic N) is 5. The molecular weight excluding hydrogens is 673 g/mol. The molecule has 1 aliphatic heterocycles. The van der Waals surface area contributed by atoms with Crippen molar-refractivity contribution in [1.82, 2.24) is 24.3 Å². The van der Waals surface area contributed by atoms with Crippen LogP contribution in [-0.2, 0) is 37.2 Å². The van der Waals surface area contributed by atoms with E-state index >= 15 is 0 Å². The molecule has 2 N–H and O–H groups in total. The maximum absolute atomic E-state index is 13.3. The monoisotopic (exact) mass is 714 g/mol. The molecule has 51 heavy (non-hydrogen) atoms. The highest BCUT2D eigenvalue weighted by Gasteiger charge is 2.30. The Kier molecular flexibility index (Phi) is 10.6. The first kappa shape index (κ1) is 35.8. The molecule has 14 heteroatoms. The Morgan fingerprint density at radius 2 is 1.67 bits per heavy atom. The van der Waals surface area contributed by atoms with Gasteiger partial charge in [-0.15, -0.1) is 0 Å². The van der Waals surface area contributed by atoms with Crippen LogP contribution >= 0.6 is 0 Å². The average molecular weight is 715 g/mol. The lowest BCUT2D eigenvalue weighted by atomic mass is 9.91. The number of carbonyl (C=O) groups is 2. The fourth-order valence-corrected chi connectivity index (χ4v) is 7.69. The number of aryl methyl sites for hydroxylation is 3. The largest absolute Gasteiger partial charge is 0.478 e. The first-order valence-corrected chi connectivity index (χ1v) is 18.3. The van der Waals surface area contributed by atoms with Crippen LogP contribution in [0.4, 0.5) is 5.95 Å². The third-order valence-electron chi connectivity index (χ3n) is 9.28. The van der Waals surface area contributed by atoms with Gasteiger partial charge in [0.15, 0.2) is 0 Å². The maximum atomic E-state index is 13.3. The van der Waals surface area contributed by atoms with Crippen molar-refractivity contribution in [1.29, 1.82) is 0 Å². The van der Waals surface area contributed by atoms with Crippen molar-refractivity contribution in [2.75, 3.05) is 44.7 Å². The van der Waals surface area contributed by atoms with Gasteiger partial charge in [-0.2, -0.15) is 0 Å². The number of anilines is 1. The molecule has 0 amide bonds. The van der Waals surface area contributed by atoms with Gasteiger partial charge in [0.1, 0.15) is 5.75 Å². The number of fused-ring (bicyclic) bond motifs is 1. The Morgan fingerprint density at radius 3 is 2.33 bits per heavy atom. The second-order valence-corrected chi connectivity index (χ2v) is 14.7. The zero-order valence-electron chi connectivity index (χ0n) is 29.1. The third kappa shape index (κ3) is 8.47. The number of piperazine rings is 1. The van der Waals surface area contributed by atoms with Crippen LogP contribution in [0.2, 0.25) is 0 Å². The summed E-state index contributed by atoms with van der Waals surface area (Å²) in [5, 5.41) is 8.70. The lowest BCUT2D eigenvalue weighted by Crippen LogP contribution is -2.50. The number of aromatic nitrogens is 3. The number of carboxylic acid groups (broad SMARTS) is 1. The van der Waals surface area contributed by atoms with Gasteiger partial charge in [0.2, 0.25) is 12.7 Å². The summed E-state index contributed by atoms with van der Waals surface area (Å²) in [7, 11) is -1.77. The Hall–Kier alpha value is -5.05. The average Bonchev–Trinajstić information content (AvgIpc) is 3.46. The molecule has 0 spiro atoms. The summed E-state index contributed by atoms with van der Waals surface area (Å²) in [5.74, 6) is -1.52. The summed E-state index contributed by atoms with van der Waals surface area (Å²) in [6.07, 6.45) is 4.35. The van der Waals surface area contributed by atoms with E-state index < -0.39 is 22.0 Å². The van der Waals surface area contributed by atoms with Crippen molar-refractivity contribution in [2.24, 2.45) is 0 Å². The Labute approximate surface area is 297 Å². The lowest BCUT2D eigenvalue weighted by molar-refractivity contribution is -0.144. The molecule has 1 atom stereocenters. The minimum absolute atomic E-state index is 0.0317. The van der Waals surface area contributed by atoms with Gasteiger partial charge in [-0.1, -0.05) is 0 Å². The van der Waals surface area contributed by atoms with E-state index in [0.717, 1.165) is 74.0 Å². The molecule has 2 aliphatic rings. The van der Waals surface area contributed by atoms with Crippen LogP contribution in [0.15, 0.2) is 71.6 Å². The number of esters is 1. The van der Waals surface area contributed by atoms with Crippen LogP contribution in [0.3, 0.4) is 0 Å². The number of carboxylic acids is 1. The molecule has 0 radical (unpaired) electrons. The van der Waals surface area contributed by atoms with Crippen LogP contribution in [0.5, 0.6) is 5.75 Å². The smallest absolute Gasteiger partial charge is 0.333 e. The molecule has 1 unspecified atom stereocenters. The van der Waals surface area contributed by atoms with Crippen molar-refractivity contribution in [3.63, 3.8) is 0 Å². The number of rotatable bonds is 11. The first-order valence-electron chi connectivity index (χ1n) is 16.8. The van der Waals surface area contributed by atoms with E-state index in [0.29, 0.717) is 29.3 Å². The molecule has 13 nitrogen and oxygen atoms in total. The first-order chi connectivity index (χ1) is 24.4. The molecule has 1 fully saturated rings. The number of likely N-dealkylation sites (N-methyl/N-ethyl adjacent to an activating group) is 1. The fraction of sp³-hybridized carbons (Fsp3) is 0.351. The van der Waals surface area contributed by atoms with E-state index in [2.05, 4.69) is 42.2 Å². The Morgan fingerprint density at radius 1 is 0.961 bits per heavy atom. The maximum Gasteiger partial charge on any atom is 0.333 e. The molecule has 268 valence electrons. The van der Waals surface area contributed by atoms with E-state index in [4.69, 9.17) is 14.6 Å².